The van der Waals surface area contributed by atoms with Gasteiger partial charge in [-0.1, -0.05) is 36.8 Å². The van der Waals surface area contributed by atoms with Crippen molar-refractivity contribution in [1.29, 1.82) is 0 Å². The third-order valence-corrected chi connectivity index (χ3v) is 4.06. The van der Waals surface area contributed by atoms with Gasteiger partial charge >= 0.3 is 0 Å². The second-order valence-corrected chi connectivity index (χ2v) is 6.37. The van der Waals surface area contributed by atoms with Gasteiger partial charge in [-0.05, 0) is 46.7 Å². The highest BCUT2D eigenvalue weighted by Crippen LogP contribution is 2.10. The molecule has 108 valence electrons. The zero-order valence-corrected chi connectivity index (χ0v) is 13.5. The Kier molecular flexibility index (Phi) is 6.02. The summed E-state index contributed by atoms with van der Waals surface area (Å²) in [5.74, 6) is 0. The standard InChI is InChI=1S/C17H30N2/c1-7-17(4,5)18-12-15(3)19(6)13-16-10-8-14(2)9-11-16/h8-11,15,18H,7,12-13H2,1-6H3. The molecule has 0 saturated heterocycles. The molecule has 0 aromatic heterocycles. The molecule has 0 aliphatic carbocycles. The zero-order valence-electron chi connectivity index (χ0n) is 13.5. The third kappa shape index (κ3) is 5.75. The first-order valence-corrected chi connectivity index (χ1v) is 7.35. The van der Waals surface area contributed by atoms with Gasteiger partial charge in [0.2, 0.25) is 0 Å². The van der Waals surface area contributed by atoms with E-state index >= 15 is 0 Å². The molecule has 0 amide bonds. The fourth-order valence-electron chi connectivity index (χ4n) is 1.84. The minimum absolute atomic E-state index is 0.235. The molecule has 0 aliphatic heterocycles. The second-order valence-electron chi connectivity index (χ2n) is 6.37. The van der Waals surface area contributed by atoms with E-state index in [-0.39, 0.29) is 5.54 Å². The lowest BCUT2D eigenvalue weighted by molar-refractivity contribution is 0.223. The zero-order chi connectivity index (χ0) is 14.5. The molecule has 2 heteroatoms. The van der Waals surface area contributed by atoms with Crippen LogP contribution in [0.5, 0.6) is 0 Å². The van der Waals surface area contributed by atoms with Crippen LogP contribution in [0.2, 0.25) is 0 Å². The van der Waals surface area contributed by atoms with E-state index in [0.29, 0.717) is 6.04 Å². The van der Waals surface area contributed by atoms with Gasteiger partial charge in [-0.25, -0.2) is 0 Å². The maximum absolute atomic E-state index is 3.64. The molecule has 19 heavy (non-hydrogen) atoms. The first-order chi connectivity index (χ1) is 8.84. The van der Waals surface area contributed by atoms with E-state index in [2.05, 4.69) is 76.1 Å². The molecule has 0 saturated carbocycles. The van der Waals surface area contributed by atoms with Gasteiger partial charge in [0.15, 0.2) is 0 Å². The minimum atomic E-state index is 0.235. The van der Waals surface area contributed by atoms with Crippen molar-refractivity contribution in [2.75, 3.05) is 13.6 Å². The summed E-state index contributed by atoms with van der Waals surface area (Å²) in [6, 6.07) is 9.36. The number of aryl methyl sites for hydroxylation is 1. The van der Waals surface area contributed by atoms with E-state index < -0.39 is 0 Å². The summed E-state index contributed by atoms with van der Waals surface area (Å²) in [5.41, 5.74) is 2.94. The van der Waals surface area contributed by atoms with Crippen LogP contribution in [0.15, 0.2) is 24.3 Å². The monoisotopic (exact) mass is 262 g/mol. The van der Waals surface area contributed by atoms with Crippen LogP contribution in [-0.4, -0.2) is 30.1 Å². The van der Waals surface area contributed by atoms with E-state index in [1.807, 2.05) is 0 Å². The maximum Gasteiger partial charge on any atom is 0.0234 e. The normalized spacial score (nSPS) is 13.8. The van der Waals surface area contributed by atoms with Gasteiger partial charge in [-0.2, -0.15) is 0 Å². The highest BCUT2D eigenvalue weighted by Gasteiger charge is 2.17. The molecule has 2 nitrogen and oxygen atoms in total. The summed E-state index contributed by atoms with van der Waals surface area (Å²) in [6.07, 6.45) is 1.15. The highest BCUT2D eigenvalue weighted by atomic mass is 15.1. The first-order valence-electron chi connectivity index (χ1n) is 7.35. The Morgan fingerprint density at radius 1 is 1.21 bits per heavy atom. The predicted octanol–water partition coefficient (Wildman–Crippen LogP) is 3.59. The summed E-state index contributed by atoms with van der Waals surface area (Å²) in [4.78, 5) is 2.41. The SMILES string of the molecule is CCC(C)(C)NCC(C)N(C)Cc1ccc(C)cc1. The lowest BCUT2D eigenvalue weighted by atomic mass is 10.0. The van der Waals surface area contributed by atoms with Crippen LogP contribution in [-0.2, 0) is 6.54 Å². The second kappa shape index (κ2) is 7.06. The van der Waals surface area contributed by atoms with Crippen LogP contribution < -0.4 is 5.32 Å². The summed E-state index contributed by atoms with van der Waals surface area (Å²) in [5, 5.41) is 3.64. The smallest absolute Gasteiger partial charge is 0.0234 e. The number of nitrogens with one attached hydrogen (secondary N) is 1. The quantitative estimate of drug-likeness (QED) is 0.808. The van der Waals surface area contributed by atoms with Gasteiger partial charge in [-0.3, -0.25) is 4.90 Å². The number of rotatable bonds is 7. The predicted molar refractivity (Wildman–Crippen MR) is 84.5 cm³/mol. The van der Waals surface area contributed by atoms with Gasteiger partial charge in [0.1, 0.15) is 0 Å². The summed E-state index contributed by atoms with van der Waals surface area (Å²) in [7, 11) is 2.20. The maximum atomic E-state index is 3.64. The Balaban J connectivity index is 2.44. The van der Waals surface area contributed by atoms with Gasteiger partial charge in [0.25, 0.3) is 0 Å². The Labute approximate surface area is 119 Å². The molecular formula is C17H30N2. The number of benzene rings is 1. The van der Waals surface area contributed by atoms with Gasteiger partial charge in [0.05, 0.1) is 0 Å². The number of hydrogen-bond donors (Lipinski definition) is 1. The molecule has 1 aromatic carbocycles. The number of hydrogen-bond acceptors (Lipinski definition) is 2. The van der Waals surface area contributed by atoms with Crippen molar-refractivity contribution in [2.24, 2.45) is 0 Å². The summed E-state index contributed by atoms with van der Waals surface area (Å²) >= 11 is 0. The average Bonchev–Trinajstić information content (AvgIpc) is 2.38. The largest absolute Gasteiger partial charge is 0.310 e. The minimum Gasteiger partial charge on any atom is -0.310 e. The van der Waals surface area contributed by atoms with Crippen molar-refractivity contribution in [3.05, 3.63) is 35.4 Å². The Hall–Kier alpha value is -0.860. The topological polar surface area (TPSA) is 15.3 Å². The summed E-state index contributed by atoms with van der Waals surface area (Å²) in [6.45, 7) is 13.2. The number of nitrogens with zero attached hydrogens (tertiary/aromatic N) is 1. The third-order valence-electron chi connectivity index (χ3n) is 4.06. The van der Waals surface area contributed by atoms with Gasteiger partial charge in [0, 0.05) is 24.7 Å². The highest BCUT2D eigenvalue weighted by molar-refractivity contribution is 5.21. The molecule has 1 rings (SSSR count). The van der Waals surface area contributed by atoms with Gasteiger partial charge < -0.3 is 5.32 Å². The van der Waals surface area contributed by atoms with E-state index in [1.165, 1.54) is 11.1 Å². The molecule has 1 N–H and O–H groups in total. The van der Waals surface area contributed by atoms with Crippen molar-refractivity contribution in [3.63, 3.8) is 0 Å². The summed E-state index contributed by atoms with van der Waals surface area (Å²) < 4.78 is 0. The molecule has 0 aliphatic rings. The first kappa shape index (κ1) is 16.2. The van der Waals surface area contributed by atoms with Crippen LogP contribution in [0, 0.1) is 6.92 Å². The van der Waals surface area contributed by atoms with Crippen LogP contribution in [0.3, 0.4) is 0 Å². The molecule has 1 aromatic rings. The lowest BCUT2D eigenvalue weighted by Gasteiger charge is -2.31. The molecule has 1 unspecified atom stereocenters. The van der Waals surface area contributed by atoms with Crippen molar-refractivity contribution >= 4 is 0 Å². The van der Waals surface area contributed by atoms with Crippen LogP contribution in [0.25, 0.3) is 0 Å². The van der Waals surface area contributed by atoms with Gasteiger partial charge in [-0.15, -0.1) is 0 Å². The van der Waals surface area contributed by atoms with Crippen molar-refractivity contribution < 1.29 is 0 Å². The van der Waals surface area contributed by atoms with E-state index in [1.54, 1.807) is 0 Å². The van der Waals surface area contributed by atoms with Crippen molar-refractivity contribution in [2.45, 2.75) is 59.2 Å². The Morgan fingerprint density at radius 3 is 2.32 bits per heavy atom. The van der Waals surface area contributed by atoms with E-state index in [4.69, 9.17) is 0 Å². The van der Waals surface area contributed by atoms with Crippen molar-refractivity contribution in [1.82, 2.24) is 10.2 Å². The average molecular weight is 262 g/mol. The number of likely N-dealkylation sites (N-methyl/N-ethyl adjacent to an activating group) is 1. The van der Waals surface area contributed by atoms with Crippen LogP contribution in [0.1, 0.15) is 45.2 Å². The molecule has 0 spiro atoms. The molecule has 0 heterocycles. The molecule has 1 atom stereocenters. The van der Waals surface area contributed by atoms with Crippen LogP contribution >= 0.6 is 0 Å². The van der Waals surface area contributed by atoms with E-state index in [0.717, 1.165) is 19.5 Å². The fraction of sp³-hybridized carbons (Fsp3) is 0.647. The molecule has 0 fully saturated rings. The van der Waals surface area contributed by atoms with Crippen LogP contribution in [0.4, 0.5) is 0 Å². The van der Waals surface area contributed by atoms with Crippen molar-refractivity contribution in [3.8, 4) is 0 Å². The van der Waals surface area contributed by atoms with E-state index in [9.17, 15) is 0 Å². The lowest BCUT2D eigenvalue weighted by Crippen LogP contribution is -2.46. The fourth-order valence-corrected chi connectivity index (χ4v) is 1.84. The Morgan fingerprint density at radius 2 is 1.79 bits per heavy atom. The molecule has 0 bridgehead atoms. The molecule has 0 radical (unpaired) electrons. The molecular weight excluding hydrogens is 232 g/mol. The Bertz CT molecular complexity index is 367.